The summed E-state index contributed by atoms with van der Waals surface area (Å²) in [7, 11) is 0. The minimum Gasteiger partial charge on any atom is -0.310 e. The molecule has 0 heterocycles. The summed E-state index contributed by atoms with van der Waals surface area (Å²) in [4.78, 5) is 4.85. The van der Waals surface area contributed by atoms with E-state index in [2.05, 4.69) is 291 Å². The molecule has 0 saturated carbocycles. The fourth-order valence-electron chi connectivity index (χ4n) is 10.7. The molecular formula is C67H50N2. The quantitative estimate of drug-likeness (QED) is 0.135. The molecule has 1 aliphatic rings. The van der Waals surface area contributed by atoms with Gasteiger partial charge < -0.3 is 9.80 Å². The first-order chi connectivity index (χ1) is 34.0. The first-order valence-electron chi connectivity index (χ1n) is 23.9. The Kier molecular flexibility index (Phi) is 10.6. The van der Waals surface area contributed by atoms with Crippen LogP contribution in [-0.4, -0.2) is 0 Å². The molecule has 11 aromatic carbocycles. The van der Waals surface area contributed by atoms with E-state index in [1.807, 2.05) is 0 Å². The lowest BCUT2D eigenvalue weighted by atomic mass is 9.82. The Hall–Kier alpha value is -8.72. The monoisotopic (exact) mass is 882 g/mol. The Morgan fingerprint density at radius 3 is 1.39 bits per heavy atom. The summed E-state index contributed by atoms with van der Waals surface area (Å²) in [6.45, 7) is 4.73. The molecule has 2 heteroatoms. The number of para-hydroxylation sites is 2. The summed E-state index contributed by atoms with van der Waals surface area (Å²) in [6.07, 6.45) is 0. The highest BCUT2D eigenvalue weighted by molar-refractivity contribution is 6.06. The molecule has 0 amide bonds. The van der Waals surface area contributed by atoms with Crippen LogP contribution in [0.3, 0.4) is 0 Å². The fraction of sp³-hybridized carbons (Fsp3) is 0.0448. The third kappa shape index (κ3) is 7.57. The lowest BCUT2D eigenvalue weighted by Gasteiger charge is -2.31. The molecule has 12 rings (SSSR count). The maximum atomic E-state index is 2.46. The second kappa shape index (κ2) is 17.5. The van der Waals surface area contributed by atoms with Crippen molar-refractivity contribution in [1.82, 2.24) is 0 Å². The number of fused-ring (bicyclic) bond motifs is 4. The molecule has 0 spiro atoms. The minimum atomic E-state index is -0.176. The van der Waals surface area contributed by atoms with E-state index in [1.54, 1.807) is 0 Å². The van der Waals surface area contributed by atoms with Crippen molar-refractivity contribution in [1.29, 1.82) is 0 Å². The van der Waals surface area contributed by atoms with Crippen molar-refractivity contribution in [3.8, 4) is 55.6 Å². The molecule has 0 aromatic heterocycles. The van der Waals surface area contributed by atoms with E-state index in [4.69, 9.17) is 0 Å². The topological polar surface area (TPSA) is 6.48 Å². The molecule has 11 aromatic rings. The van der Waals surface area contributed by atoms with Crippen LogP contribution in [0.2, 0.25) is 0 Å². The van der Waals surface area contributed by atoms with Gasteiger partial charge >= 0.3 is 0 Å². The molecule has 1 aliphatic carbocycles. The molecule has 69 heavy (non-hydrogen) atoms. The van der Waals surface area contributed by atoms with Crippen LogP contribution >= 0.6 is 0 Å². The van der Waals surface area contributed by atoms with Crippen molar-refractivity contribution in [2.75, 3.05) is 9.80 Å². The van der Waals surface area contributed by atoms with Crippen molar-refractivity contribution in [3.05, 3.63) is 278 Å². The summed E-state index contributed by atoms with van der Waals surface area (Å²) in [5, 5.41) is 2.45. The number of hydrogen-bond acceptors (Lipinski definition) is 2. The smallest absolute Gasteiger partial charge is 0.0488 e. The first-order valence-corrected chi connectivity index (χ1v) is 23.9. The number of anilines is 6. The van der Waals surface area contributed by atoms with Crippen LogP contribution in [0.4, 0.5) is 34.1 Å². The highest BCUT2D eigenvalue weighted by atomic mass is 15.2. The molecule has 0 atom stereocenters. The van der Waals surface area contributed by atoms with Gasteiger partial charge in [0.15, 0.2) is 0 Å². The zero-order chi connectivity index (χ0) is 46.3. The number of hydrogen-bond donors (Lipinski definition) is 0. The summed E-state index contributed by atoms with van der Waals surface area (Å²) in [6, 6.07) is 97.6. The fourth-order valence-corrected chi connectivity index (χ4v) is 10.7. The van der Waals surface area contributed by atoms with Crippen molar-refractivity contribution < 1.29 is 0 Å². The predicted octanol–water partition coefficient (Wildman–Crippen LogP) is 18.8. The lowest BCUT2D eigenvalue weighted by molar-refractivity contribution is 0.660. The Balaban J connectivity index is 1.13. The Morgan fingerprint density at radius 1 is 0.261 bits per heavy atom. The maximum Gasteiger partial charge on any atom is 0.0488 e. The molecule has 2 nitrogen and oxygen atoms in total. The summed E-state index contributed by atoms with van der Waals surface area (Å²) in [5.41, 5.74) is 21.0. The van der Waals surface area contributed by atoms with Gasteiger partial charge in [-0.3, -0.25) is 0 Å². The first kappa shape index (κ1) is 41.7. The van der Waals surface area contributed by atoms with E-state index < -0.39 is 0 Å². The molecule has 328 valence electrons. The lowest BCUT2D eigenvalue weighted by Crippen LogP contribution is -2.17. The van der Waals surface area contributed by atoms with E-state index in [-0.39, 0.29) is 5.41 Å². The highest BCUT2D eigenvalue weighted by Gasteiger charge is 2.36. The molecule has 0 unspecified atom stereocenters. The van der Waals surface area contributed by atoms with Crippen LogP contribution in [0.5, 0.6) is 0 Å². The molecule has 0 fully saturated rings. The molecule has 0 radical (unpaired) electrons. The van der Waals surface area contributed by atoms with Gasteiger partial charge in [0, 0.05) is 39.5 Å². The molecule has 0 aliphatic heterocycles. The van der Waals surface area contributed by atoms with Crippen LogP contribution in [-0.2, 0) is 5.41 Å². The van der Waals surface area contributed by atoms with Gasteiger partial charge in [0.05, 0.1) is 0 Å². The third-order valence-corrected chi connectivity index (χ3v) is 14.0. The Labute approximate surface area is 405 Å². The van der Waals surface area contributed by atoms with Crippen molar-refractivity contribution in [2.45, 2.75) is 19.3 Å². The average molecular weight is 883 g/mol. The van der Waals surface area contributed by atoms with E-state index in [0.29, 0.717) is 0 Å². The molecule has 0 bridgehead atoms. The van der Waals surface area contributed by atoms with Crippen molar-refractivity contribution in [2.24, 2.45) is 0 Å². The second-order valence-corrected chi connectivity index (χ2v) is 18.5. The molecule has 0 N–H and O–H groups in total. The van der Waals surface area contributed by atoms with E-state index in [0.717, 1.165) is 45.3 Å². The summed E-state index contributed by atoms with van der Waals surface area (Å²) >= 11 is 0. The van der Waals surface area contributed by atoms with E-state index in [1.165, 1.54) is 66.4 Å². The SMILES string of the molecule is CC1(C)c2ccccc2-c2ccc(N(c3ccc(-c4ccccc4)cc3)c3cc(-c4ccccc4-c4ccc5ccccc5c4-c4ccccc4)cc(N(c4ccccc4)c4ccccc4)c3)cc21. The zero-order valence-electron chi connectivity index (χ0n) is 38.8. The minimum absolute atomic E-state index is 0.176. The van der Waals surface area contributed by atoms with Gasteiger partial charge in [0.1, 0.15) is 0 Å². The van der Waals surface area contributed by atoms with E-state index >= 15 is 0 Å². The van der Waals surface area contributed by atoms with Crippen LogP contribution in [0.1, 0.15) is 25.0 Å². The normalized spacial score (nSPS) is 12.3. The summed E-state index contributed by atoms with van der Waals surface area (Å²) in [5.74, 6) is 0. The van der Waals surface area contributed by atoms with Gasteiger partial charge in [-0.2, -0.15) is 0 Å². The van der Waals surface area contributed by atoms with Crippen molar-refractivity contribution >= 4 is 44.9 Å². The number of nitrogens with zero attached hydrogens (tertiary/aromatic N) is 2. The van der Waals surface area contributed by atoms with E-state index in [9.17, 15) is 0 Å². The molecule has 0 saturated heterocycles. The highest BCUT2D eigenvalue weighted by Crippen LogP contribution is 2.52. The number of rotatable bonds is 10. The van der Waals surface area contributed by atoms with Crippen molar-refractivity contribution in [3.63, 3.8) is 0 Å². The predicted molar refractivity (Wildman–Crippen MR) is 293 cm³/mol. The van der Waals surface area contributed by atoms with Crippen LogP contribution in [0.15, 0.2) is 267 Å². The van der Waals surface area contributed by atoms with Crippen LogP contribution in [0, 0.1) is 0 Å². The zero-order valence-corrected chi connectivity index (χ0v) is 38.8. The Bertz CT molecular complexity index is 3580. The van der Waals surface area contributed by atoms with Gasteiger partial charge in [-0.05, 0) is 144 Å². The number of benzene rings is 11. The third-order valence-electron chi connectivity index (χ3n) is 14.0. The van der Waals surface area contributed by atoms with Gasteiger partial charge in [-0.15, -0.1) is 0 Å². The van der Waals surface area contributed by atoms with Crippen LogP contribution in [0.25, 0.3) is 66.4 Å². The van der Waals surface area contributed by atoms with Crippen LogP contribution < -0.4 is 9.80 Å². The summed E-state index contributed by atoms with van der Waals surface area (Å²) < 4.78 is 0. The second-order valence-electron chi connectivity index (χ2n) is 18.5. The molecular weight excluding hydrogens is 833 g/mol. The largest absolute Gasteiger partial charge is 0.310 e. The van der Waals surface area contributed by atoms with Gasteiger partial charge in [-0.25, -0.2) is 0 Å². The maximum absolute atomic E-state index is 2.46. The Morgan fingerprint density at radius 2 is 0.725 bits per heavy atom. The van der Waals surface area contributed by atoms with Gasteiger partial charge in [-0.1, -0.05) is 214 Å². The van der Waals surface area contributed by atoms with Gasteiger partial charge in [0.25, 0.3) is 0 Å². The van der Waals surface area contributed by atoms with Gasteiger partial charge in [0.2, 0.25) is 0 Å². The average Bonchev–Trinajstić information content (AvgIpc) is 3.64. The standard InChI is InChI=1S/C67H50N2/c1-67(2)64-34-20-19-33-61(64)62-42-40-55(46-65(62)67)69(54-38-35-48(36-39-54)47-21-7-3-8-22-47)57-44-51(43-56(45-57)68(52-26-11-5-12-27-52)53-28-13-6-14-29-53)58-30-17-18-32-60(58)63-41-37-49-23-15-16-31-59(49)66(63)50-24-9-4-10-25-50/h3-46H,1-2H3.